The van der Waals surface area contributed by atoms with E-state index in [0.717, 1.165) is 0 Å². The minimum absolute atomic E-state index is 0.175. The fourth-order valence-electron chi connectivity index (χ4n) is 2.65. The Morgan fingerprint density at radius 1 is 1.04 bits per heavy atom. The van der Waals surface area contributed by atoms with Crippen LogP contribution in [0.15, 0.2) is 24.3 Å². The number of ether oxygens (including phenoxy) is 1. The van der Waals surface area contributed by atoms with Crippen molar-refractivity contribution in [3.8, 4) is 0 Å². The van der Waals surface area contributed by atoms with Crippen molar-refractivity contribution in [1.82, 2.24) is 13.5 Å². The van der Waals surface area contributed by atoms with Gasteiger partial charge in [0.2, 0.25) is 0 Å². The van der Waals surface area contributed by atoms with Crippen LogP contribution in [0.25, 0.3) is 0 Å². The Hall–Kier alpha value is -2.17. The summed E-state index contributed by atoms with van der Waals surface area (Å²) in [5.41, 5.74) is 0.397. The normalized spacial score (nSPS) is 16.1. The van der Waals surface area contributed by atoms with E-state index in [4.69, 9.17) is 4.74 Å². The first-order chi connectivity index (χ1) is 12.9. The van der Waals surface area contributed by atoms with Crippen molar-refractivity contribution in [1.29, 1.82) is 0 Å². The third kappa shape index (κ3) is 5.66. The first kappa shape index (κ1) is 22.1. The van der Waals surface area contributed by atoms with Gasteiger partial charge in [-0.1, -0.05) is 0 Å². The van der Waals surface area contributed by atoms with Crippen molar-refractivity contribution in [2.45, 2.75) is 26.4 Å². The summed E-state index contributed by atoms with van der Waals surface area (Å²) in [5, 5.41) is 2.61. The number of carbonyl (C=O) groups excluding carboxylic acids is 2. The topological polar surface area (TPSA) is 99.3 Å². The van der Waals surface area contributed by atoms with Gasteiger partial charge in [-0.15, -0.1) is 0 Å². The zero-order valence-electron chi connectivity index (χ0n) is 16.9. The molecule has 1 aliphatic rings. The number of hydrogen-bond acceptors (Lipinski definition) is 5. The molecule has 1 aromatic rings. The number of nitrogens with zero attached hydrogens (tertiary/aromatic N) is 3. The number of hydrogen-bond donors (Lipinski definition) is 1. The molecule has 0 unspecified atom stereocenters. The molecule has 1 saturated heterocycles. The minimum atomic E-state index is -3.47. The molecule has 0 atom stereocenters. The first-order valence-corrected chi connectivity index (χ1v) is 10.4. The van der Waals surface area contributed by atoms with E-state index in [1.54, 1.807) is 49.9 Å². The molecule has 0 aliphatic carbocycles. The van der Waals surface area contributed by atoms with Crippen LogP contribution in [0.4, 0.5) is 10.5 Å². The average Bonchev–Trinajstić information content (AvgIpc) is 2.60. The lowest BCUT2D eigenvalue weighted by atomic mass is 10.1. The van der Waals surface area contributed by atoms with E-state index in [0.29, 0.717) is 24.3 Å². The predicted octanol–water partition coefficient (Wildman–Crippen LogP) is 1.60. The van der Waals surface area contributed by atoms with Crippen molar-refractivity contribution in [2.75, 3.05) is 45.6 Å². The molecular formula is C18H28N4O5S. The van der Waals surface area contributed by atoms with Gasteiger partial charge in [-0.25, -0.2) is 4.79 Å². The van der Waals surface area contributed by atoms with Crippen LogP contribution in [0.2, 0.25) is 0 Å². The zero-order valence-corrected chi connectivity index (χ0v) is 17.7. The number of benzene rings is 1. The number of piperazine rings is 1. The van der Waals surface area contributed by atoms with E-state index < -0.39 is 21.9 Å². The molecule has 1 heterocycles. The van der Waals surface area contributed by atoms with Crippen molar-refractivity contribution in [3.05, 3.63) is 29.8 Å². The van der Waals surface area contributed by atoms with E-state index in [1.165, 1.54) is 22.7 Å². The summed E-state index contributed by atoms with van der Waals surface area (Å²) in [6.07, 6.45) is -0.565. The number of nitrogens with one attached hydrogen (secondary N) is 1. The van der Waals surface area contributed by atoms with Gasteiger partial charge >= 0.3 is 6.09 Å². The number of amides is 2. The molecule has 0 bridgehead atoms. The Kier molecular flexibility index (Phi) is 6.68. The molecule has 2 amide bonds. The fraction of sp³-hybridized carbons (Fsp3) is 0.556. The summed E-state index contributed by atoms with van der Waals surface area (Å²) < 4.78 is 32.0. The van der Waals surface area contributed by atoms with Crippen LogP contribution in [0.5, 0.6) is 0 Å². The minimum Gasteiger partial charge on any atom is -0.444 e. The fourth-order valence-corrected chi connectivity index (χ4v) is 3.74. The molecule has 0 spiro atoms. The highest BCUT2D eigenvalue weighted by Crippen LogP contribution is 2.16. The molecule has 156 valence electrons. The van der Waals surface area contributed by atoms with E-state index >= 15 is 0 Å². The monoisotopic (exact) mass is 412 g/mol. The van der Waals surface area contributed by atoms with Crippen LogP contribution in [0.1, 0.15) is 31.1 Å². The summed E-state index contributed by atoms with van der Waals surface area (Å²) in [7, 11) is -0.496. The van der Waals surface area contributed by atoms with Crippen LogP contribution < -0.4 is 5.32 Å². The summed E-state index contributed by atoms with van der Waals surface area (Å²) in [6.45, 7) is 6.48. The summed E-state index contributed by atoms with van der Waals surface area (Å²) in [4.78, 5) is 26.1. The van der Waals surface area contributed by atoms with Crippen LogP contribution in [-0.2, 0) is 14.9 Å². The molecular weight excluding hydrogens is 384 g/mol. The Labute approximate surface area is 166 Å². The summed E-state index contributed by atoms with van der Waals surface area (Å²) >= 11 is 0. The smallest absolute Gasteiger partial charge is 0.412 e. The Balaban J connectivity index is 1.94. The molecule has 2 rings (SSSR count). The Bertz CT molecular complexity index is 807. The standard InChI is InChI=1S/C18H28N4O5S/c1-18(2,3)27-17(24)19-15-8-6-14(7-9-15)16(23)21-10-12-22(13-11-21)28(25,26)20(4)5/h6-9H,10-13H2,1-5H3,(H,19,24). The van der Waals surface area contributed by atoms with Gasteiger partial charge in [0.1, 0.15) is 5.60 Å². The predicted molar refractivity (Wildman–Crippen MR) is 106 cm³/mol. The molecule has 0 saturated carbocycles. The van der Waals surface area contributed by atoms with Crippen LogP contribution in [-0.4, -0.2) is 79.8 Å². The lowest BCUT2D eigenvalue weighted by Crippen LogP contribution is -2.53. The van der Waals surface area contributed by atoms with Gasteiger partial charge in [0.15, 0.2) is 0 Å². The molecule has 0 radical (unpaired) electrons. The Morgan fingerprint density at radius 3 is 2.04 bits per heavy atom. The molecule has 1 aromatic carbocycles. The van der Waals surface area contributed by atoms with Gasteiger partial charge in [0.25, 0.3) is 16.1 Å². The van der Waals surface area contributed by atoms with Crippen LogP contribution in [0, 0.1) is 0 Å². The molecule has 0 aromatic heterocycles. The summed E-state index contributed by atoms with van der Waals surface area (Å²) in [5.74, 6) is -0.175. The van der Waals surface area contributed by atoms with Gasteiger partial charge in [0.05, 0.1) is 0 Å². The van der Waals surface area contributed by atoms with Gasteiger partial charge in [-0.3, -0.25) is 10.1 Å². The molecule has 1 fully saturated rings. The maximum absolute atomic E-state index is 12.6. The van der Waals surface area contributed by atoms with Crippen molar-refractivity contribution >= 4 is 27.9 Å². The third-order valence-corrected chi connectivity index (χ3v) is 6.03. The van der Waals surface area contributed by atoms with Crippen LogP contribution >= 0.6 is 0 Å². The highest BCUT2D eigenvalue weighted by atomic mass is 32.2. The van der Waals surface area contributed by atoms with Crippen molar-refractivity contribution in [3.63, 3.8) is 0 Å². The molecule has 28 heavy (non-hydrogen) atoms. The largest absolute Gasteiger partial charge is 0.444 e. The second-order valence-electron chi connectivity index (χ2n) is 7.69. The number of anilines is 1. The van der Waals surface area contributed by atoms with E-state index in [9.17, 15) is 18.0 Å². The van der Waals surface area contributed by atoms with Gasteiger partial charge in [0, 0.05) is 51.5 Å². The molecule has 1 N–H and O–H groups in total. The zero-order chi connectivity index (χ0) is 21.1. The molecule has 10 heteroatoms. The van der Waals surface area contributed by atoms with E-state index in [1.807, 2.05) is 0 Å². The van der Waals surface area contributed by atoms with E-state index in [-0.39, 0.29) is 19.0 Å². The highest BCUT2D eigenvalue weighted by Gasteiger charge is 2.30. The van der Waals surface area contributed by atoms with Crippen LogP contribution in [0.3, 0.4) is 0 Å². The van der Waals surface area contributed by atoms with Gasteiger partial charge < -0.3 is 9.64 Å². The first-order valence-electron chi connectivity index (χ1n) is 8.97. The molecule has 1 aliphatic heterocycles. The second kappa shape index (κ2) is 8.46. The van der Waals surface area contributed by atoms with E-state index in [2.05, 4.69) is 5.32 Å². The van der Waals surface area contributed by atoms with Gasteiger partial charge in [-0.2, -0.15) is 17.0 Å². The third-order valence-electron chi connectivity index (χ3n) is 4.09. The van der Waals surface area contributed by atoms with Crippen molar-refractivity contribution in [2.24, 2.45) is 0 Å². The van der Waals surface area contributed by atoms with Gasteiger partial charge in [-0.05, 0) is 45.0 Å². The SMILES string of the molecule is CN(C)S(=O)(=O)N1CCN(C(=O)c2ccc(NC(=O)OC(C)(C)C)cc2)CC1. The maximum atomic E-state index is 12.6. The quantitative estimate of drug-likeness (QED) is 0.810. The lowest BCUT2D eigenvalue weighted by Gasteiger charge is -2.35. The lowest BCUT2D eigenvalue weighted by molar-refractivity contribution is 0.0635. The average molecular weight is 413 g/mol. The number of carbonyl (C=O) groups is 2. The highest BCUT2D eigenvalue weighted by molar-refractivity contribution is 7.86. The summed E-state index contributed by atoms with van der Waals surface area (Å²) in [6, 6.07) is 6.50. The van der Waals surface area contributed by atoms with Crippen molar-refractivity contribution < 1.29 is 22.7 Å². The second-order valence-corrected chi connectivity index (χ2v) is 9.83. The molecule has 9 nitrogen and oxygen atoms in total. The number of rotatable bonds is 4. The Morgan fingerprint density at radius 2 is 1.57 bits per heavy atom. The maximum Gasteiger partial charge on any atom is 0.412 e.